The first kappa shape index (κ1) is 21.5. The van der Waals surface area contributed by atoms with Gasteiger partial charge in [0.1, 0.15) is 5.75 Å². The quantitative estimate of drug-likeness (QED) is 0.458. The lowest BCUT2D eigenvalue weighted by Crippen LogP contribution is -2.48. The Morgan fingerprint density at radius 2 is 1.68 bits per heavy atom. The Morgan fingerprint density at radius 3 is 2.44 bits per heavy atom. The lowest BCUT2D eigenvalue weighted by Gasteiger charge is -2.39. The number of aromatic hydroxyl groups is 1. The van der Waals surface area contributed by atoms with E-state index in [9.17, 15) is 5.11 Å². The molecule has 1 saturated carbocycles. The number of piperazine rings is 1. The molecule has 1 atom stereocenters. The number of rotatable bonds is 5. The molecule has 2 aromatic carbocycles. The van der Waals surface area contributed by atoms with Crippen LogP contribution in [0.4, 0.5) is 5.13 Å². The number of phenols is 1. The zero-order chi connectivity index (χ0) is 22.9. The predicted octanol–water partition coefficient (Wildman–Crippen LogP) is 4.41. The molecule has 1 aliphatic heterocycles. The molecule has 176 valence electrons. The number of hydrogen-bond donors (Lipinski definition) is 1. The van der Waals surface area contributed by atoms with Gasteiger partial charge in [-0.05, 0) is 53.1 Å². The Labute approximate surface area is 202 Å². The normalized spacial score (nSPS) is 19.0. The van der Waals surface area contributed by atoms with Crippen LogP contribution in [-0.4, -0.2) is 61.4 Å². The summed E-state index contributed by atoms with van der Waals surface area (Å²) in [4.78, 5) is 9.72. The Balaban J connectivity index is 1.27. The highest BCUT2D eigenvalue weighted by atomic mass is 32.1. The van der Waals surface area contributed by atoms with Gasteiger partial charge in [-0.3, -0.25) is 4.90 Å². The van der Waals surface area contributed by atoms with Crippen LogP contribution in [0.25, 0.3) is 10.2 Å². The van der Waals surface area contributed by atoms with Gasteiger partial charge < -0.3 is 10.0 Å². The Kier molecular flexibility index (Phi) is 5.88. The number of benzene rings is 2. The van der Waals surface area contributed by atoms with Gasteiger partial charge in [-0.1, -0.05) is 54.9 Å². The van der Waals surface area contributed by atoms with E-state index in [1.165, 1.54) is 24.0 Å². The third kappa shape index (κ3) is 4.14. The summed E-state index contributed by atoms with van der Waals surface area (Å²) in [6.45, 7) is 3.58. The number of phenolic OH excluding ortho intramolecular Hbond substituents is 1. The summed E-state index contributed by atoms with van der Waals surface area (Å²) in [5.74, 6) is 1.18. The minimum Gasteiger partial charge on any atom is -0.508 e. The first-order valence-corrected chi connectivity index (χ1v) is 13.0. The maximum Gasteiger partial charge on any atom is 0.186 e. The van der Waals surface area contributed by atoms with Crippen LogP contribution in [0.2, 0.25) is 0 Å². The lowest BCUT2D eigenvalue weighted by molar-refractivity contribution is 0.193. The smallest absolute Gasteiger partial charge is 0.186 e. The lowest BCUT2D eigenvalue weighted by atomic mass is 9.95. The second kappa shape index (κ2) is 9.31. The standard InChI is InChI=1S/C25H29N7OS/c33-20-12-10-18(11-13-20)23(24-27-28-29-32(24)19-6-2-1-3-7-19)30-14-16-31(17-15-30)25-26-21-8-4-5-9-22(21)34-25/h4-5,8-13,19,23,33H,1-3,6-7,14-17H2/t23-/m1/s1. The fourth-order valence-corrected chi connectivity index (χ4v) is 6.33. The third-order valence-electron chi connectivity index (χ3n) is 7.12. The van der Waals surface area contributed by atoms with Gasteiger partial charge in [-0.15, -0.1) is 5.10 Å². The van der Waals surface area contributed by atoms with Gasteiger partial charge in [0.25, 0.3) is 0 Å². The zero-order valence-electron chi connectivity index (χ0n) is 19.1. The number of nitrogens with zero attached hydrogens (tertiary/aromatic N) is 7. The highest BCUT2D eigenvalue weighted by Gasteiger charge is 2.33. The van der Waals surface area contributed by atoms with Crippen molar-refractivity contribution in [2.75, 3.05) is 31.1 Å². The van der Waals surface area contributed by atoms with E-state index in [2.05, 4.69) is 48.2 Å². The molecule has 2 aliphatic rings. The van der Waals surface area contributed by atoms with Crippen LogP contribution in [0, 0.1) is 0 Å². The van der Waals surface area contributed by atoms with Crippen LogP contribution in [0.15, 0.2) is 48.5 Å². The molecule has 1 aliphatic carbocycles. The second-order valence-corrected chi connectivity index (χ2v) is 10.3. The van der Waals surface area contributed by atoms with Crippen molar-refractivity contribution in [3.63, 3.8) is 0 Å². The molecule has 0 bridgehead atoms. The van der Waals surface area contributed by atoms with E-state index in [-0.39, 0.29) is 11.8 Å². The first-order chi connectivity index (χ1) is 16.8. The van der Waals surface area contributed by atoms with Crippen LogP contribution < -0.4 is 4.90 Å². The molecule has 1 N–H and O–H groups in total. The van der Waals surface area contributed by atoms with Crippen molar-refractivity contribution in [3.05, 3.63) is 59.9 Å². The van der Waals surface area contributed by atoms with Gasteiger partial charge in [0.05, 0.1) is 22.3 Å². The SMILES string of the molecule is Oc1ccc([C@H](c2nnnn2C2CCCCC2)N2CCN(c3nc4ccccc4s3)CC2)cc1. The molecular formula is C25H29N7OS. The molecule has 2 aromatic heterocycles. The molecule has 0 amide bonds. The average molecular weight is 476 g/mol. The van der Waals surface area contributed by atoms with Crippen molar-refractivity contribution >= 4 is 26.7 Å². The maximum atomic E-state index is 9.89. The molecule has 6 rings (SSSR count). The van der Waals surface area contributed by atoms with Gasteiger partial charge in [-0.25, -0.2) is 9.67 Å². The number of hydrogen-bond acceptors (Lipinski definition) is 8. The molecule has 0 radical (unpaired) electrons. The molecule has 0 unspecified atom stereocenters. The van der Waals surface area contributed by atoms with Gasteiger partial charge in [0, 0.05) is 26.2 Å². The van der Waals surface area contributed by atoms with Crippen LogP contribution in [0.3, 0.4) is 0 Å². The van der Waals surface area contributed by atoms with Gasteiger partial charge in [0.15, 0.2) is 11.0 Å². The van der Waals surface area contributed by atoms with E-state index in [4.69, 9.17) is 4.98 Å². The van der Waals surface area contributed by atoms with Gasteiger partial charge >= 0.3 is 0 Å². The molecule has 9 heteroatoms. The van der Waals surface area contributed by atoms with Gasteiger partial charge in [-0.2, -0.15) is 0 Å². The van der Waals surface area contributed by atoms with Crippen LogP contribution in [0.5, 0.6) is 5.75 Å². The summed E-state index contributed by atoms with van der Waals surface area (Å²) in [6.07, 6.45) is 6.02. The summed E-state index contributed by atoms with van der Waals surface area (Å²) >= 11 is 1.76. The molecule has 1 saturated heterocycles. The number of fused-ring (bicyclic) bond motifs is 1. The maximum absolute atomic E-state index is 9.89. The molecular weight excluding hydrogens is 446 g/mol. The molecule has 4 aromatic rings. The fourth-order valence-electron chi connectivity index (χ4n) is 5.31. The Bertz CT molecular complexity index is 1210. The van der Waals surface area contributed by atoms with Crippen LogP contribution >= 0.6 is 11.3 Å². The van der Waals surface area contributed by atoms with Crippen molar-refractivity contribution in [2.45, 2.75) is 44.2 Å². The number of anilines is 1. The molecule has 3 heterocycles. The first-order valence-electron chi connectivity index (χ1n) is 12.2. The minimum absolute atomic E-state index is 0.0463. The van der Waals surface area contributed by atoms with Crippen LogP contribution in [0.1, 0.15) is 55.6 Å². The summed E-state index contributed by atoms with van der Waals surface area (Å²) in [7, 11) is 0. The average Bonchev–Trinajstić information content (AvgIpc) is 3.54. The summed E-state index contributed by atoms with van der Waals surface area (Å²) < 4.78 is 3.31. The molecule has 0 spiro atoms. The fraction of sp³-hybridized carbons (Fsp3) is 0.440. The Morgan fingerprint density at radius 1 is 0.912 bits per heavy atom. The van der Waals surface area contributed by atoms with E-state index in [0.717, 1.165) is 61.1 Å². The molecule has 2 fully saturated rings. The van der Waals surface area contributed by atoms with E-state index in [1.807, 2.05) is 18.2 Å². The highest BCUT2D eigenvalue weighted by molar-refractivity contribution is 7.22. The van der Waals surface area contributed by atoms with Crippen molar-refractivity contribution in [1.29, 1.82) is 0 Å². The van der Waals surface area contributed by atoms with Gasteiger partial charge in [0.2, 0.25) is 0 Å². The van der Waals surface area contributed by atoms with Crippen LogP contribution in [-0.2, 0) is 0 Å². The van der Waals surface area contributed by atoms with E-state index < -0.39 is 0 Å². The summed E-state index contributed by atoms with van der Waals surface area (Å²) in [5.41, 5.74) is 2.18. The van der Waals surface area contributed by atoms with Crippen molar-refractivity contribution in [3.8, 4) is 5.75 Å². The van der Waals surface area contributed by atoms with E-state index in [1.54, 1.807) is 23.5 Å². The monoisotopic (exact) mass is 475 g/mol. The number of thiazole rings is 1. The minimum atomic E-state index is -0.0463. The molecule has 8 nitrogen and oxygen atoms in total. The zero-order valence-corrected chi connectivity index (χ0v) is 19.9. The highest BCUT2D eigenvalue weighted by Crippen LogP contribution is 2.35. The van der Waals surface area contributed by atoms with E-state index >= 15 is 0 Å². The molecule has 34 heavy (non-hydrogen) atoms. The number of tetrazole rings is 1. The van der Waals surface area contributed by atoms with Crippen molar-refractivity contribution in [2.24, 2.45) is 0 Å². The number of aromatic nitrogens is 5. The number of para-hydroxylation sites is 1. The summed E-state index contributed by atoms with van der Waals surface area (Å²) in [5, 5.41) is 24.1. The van der Waals surface area contributed by atoms with Crippen molar-refractivity contribution < 1.29 is 5.11 Å². The topological polar surface area (TPSA) is 83.2 Å². The van der Waals surface area contributed by atoms with E-state index in [0.29, 0.717) is 6.04 Å². The third-order valence-corrected chi connectivity index (χ3v) is 8.22. The Hall–Kier alpha value is -3.04. The van der Waals surface area contributed by atoms with Crippen molar-refractivity contribution in [1.82, 2.24) is 30.1 Å². The predicted molar refractivity (Wildman–Crippen MR) is 133 cm³/mol. The summed E-state index contributed by atoms with van der Waals surface area (Å²) in [6, 6.07) is 16.2. The largest absolute Gasteiger partial charge is 0.508 e. The second-order valence-electron chi connectivity index (χ2n) is 9.25.